The highest BCUT2D eigenvalue weighted by Crippen LogP contribution is 2.07. The van der Waals surface area contributed by atoms with Crippen molar-refractivity contribution in [2.24, 2.45) is 0 Å². The quantitative estimate of drug-likeness (QED) is 0.625. The van der Waals surface area contributed by atoms with E-state index in [1.807, 2.05) is 6.92 Å². The van der Waals surface area contributed by atoms with Crippen molar-refractivity contribution in [2.75, 3.05) is 7.11 Å². The SMILES string of the molecule is CCc1nc(OC)ncc1C=O. The van der Waals surface area contributed by atoms with Crippen LogP contribution in [0.15, 0.2) is 6.20 Å². The molecule has 0 saturated carbocycles. The zero-order valence-corrected chi connectivity index (χ0v) is 7.07. The van der Waals surface area contributed by atoms with Gasteiger partial charge in [-0.1, -0.05) is 6.92 Å². The lowest BCUT2D eigenvalue weighted by atomic mass is 10.2. The third kappa shape index (κ3) is 1.58. The summed E-state index contributed by atoms with van der Waals surface area (Å²) in [5.74, 6) is 0. The Morgan fingerprint density at radius 3 is 2.92 bits per heavy atom. The lowest BCUT2D eigenvalue weighted by molar-refractivity contribution is 0.112. The zero-order valence-electron chi connectivity index (χ0n) is 7.07. The highest BCUT2D eigenvalue weighted by Gasteiger charge is 2.03. The highest BCUT2D eigenvalue weighted by molar-refractivity contribution is 5.75. The van der Waals surface area contributed by atoms with E-state index < -0.39 is 0 Å². The second-order valence-electron chi connectivity index (χ2n) is 2.23. The summed E-state index contributed by atoms with van der Waals surface area (Å²) in [6, 6.07) is 0.303. The first-order valence-corrected chi connectivity index (χ1v) is 3.67. The van der Waals surface area contributed by atoms with Crippen LogP contribution in [-0.2, 0) is 6.42 Å². The van der Waals surface area contributed by atoms with Gasteiger partial charge in [-0.05, 0) is 6.42 Å². The largest absolute Gasteiger partial charge is 0.467 e. The van der Waals surface area contributed by atoms with Crippen LogP contribution in [0.5, 0.6) is 6.01 Å². The van der Waals surface area contributed by atoms with Gasteiger partial charge in [0.15, 0.2) is 6.29 Å². The van der Waals surface area contributed by atoms with Crippen molar-refractivity contribution in [2.45, 2.75) is 13.3 Å². The predicted molar refractivity (Wildman–Crippen MR) is 43.3 cm³/mol. The Kier molecular flexibility index (Phi) is 2.74. The van der Waals surface area contributed by atoms with E-state index in [4.69, 9.17) is 4.74 Å². The van der Waals surface area contributed by atoms with Crippen molar-refractivity contribution in [1.82, 2.24) is 9.97 Å². The lowest BCUT2D eigenvalue weighted by Crippen LogP contribution is -2.00. The van der Waals surface area contributed by atoms with Crippen LogP contribution >= 0.6 is 0 Å². The van der Waals surface area contributed by atoms with Crippen molar-refractivity contribution >= 4 is 6.29 Å². The highest BCUT2D eigenvalue weighted by atomic mass is 16.5. The molecule has 0 atom stereocenters. The van der Waals surface area contributed by atoms with E-state index in [0.29, 0.717) is 18.0 Å². The smallest absolute Gasteiger partial charge is 0.316 e. The van der Waals surface area contributed by atoms with E-state index in [9.17, 15) is 4.79 Å². The Morgan fingerprint density at radius 1 is 1.67 bits per heavy atom. The molecule has 0 amide bonds. The Hall–Kier alpha value is -1.45. The van der Waals surface area contributed by atoms with Gasteiger partial charge < -0.3 is 4.74 Å². The summed E-state index contributed by atoms with van der Waals surface area (Å²) < 4.78 is 4.82. The molecular weight excluding hydrogens is 156 g/mol. The fourth-order valence-electron chi connectivity index (χ4n) is 0.888. The molecule has 0 N–H and O–H groups in total. The maximum atomic E-state index is 10.5. The minimum Gasteiger partial charge on any atom is -0.467 e. The van der Waals surface area contributed by atoms with Crippen molar-refractivity contribution in [3.05, 3.63) is 17.5 Å². The summed E-state index contributed by atoms with van der Waals surface area (Å²) in [6.07, 6.45) is 2.92. The molecule has 64 valence electrons. The molecule has 1 aromatic heterocycles. The van der Waals surface area contributed by atoms with Crippen LogP contribution in [0.4, 0.5) is 0 Å². The lowest BCUT2D eigenvalue weighted by Gasteiger charge is -2.01. The number of hydrogen-bond acceptors (Lipinski definition) is 4. The van der Waals surface area contributed by atoms with Gasteiger partial charge in [0.1, 0.15) is 0 Å². The van der Waals surface area contributed by atoms with Crippen molar-refractivity contribution in [3.63, 3.8) is 0 Å². The number of carbonyl (C=O) groups excluding carboxylic acids is 1. The maximum absolute atomic E-state index is 10.5. The Balaban J connectivity index is 3.10. The molecule has 0 aliphatic rings. The number of aryl methyl sites for hydroxylation is 1. The molecule has 0 bridgehead atoms. The summed E-state index contributed by atoms with van der Waals surface area (Å²) in [5, 5.41) is 0. The van der Waals surface area contributed by atoms with Gasteiger partial charge in [0.05, 0.1) is 18.4 Å². The molecule has 12 heavy (non-hydrogen) atoms. The van der Waals surface area contributed by atoms with Crippen molar-refractivity contribution in [3.8, 4) is 6.01 Å². The fraction of sp³-hybridized carbons (Fsp3) is 0.375. The summed E-state index contributed by atoms with van der Waals surface area (Å²) in [6.45, 7) is 1.93. The molecule has 0 spiro atoms. The minimum absolute atomic E-state index is 0.303. The number of aldehydes is 1. The minimum atomic E-state index is 0.303. The van der Waals surface area contributed by atoms with Gasteiger partial charge in [0.25, 0.3) is 0 Å². The van der Waals surface area contributed by atoms with Crippen LogP contribution in [0.3, 0.4) is 0 Å². The summed E-state index contributed by atoms with van der Waals surface area (Å²) in [7, 11) is 1.50. The molecule has 4 nitrogen and oxygen atoms in total. The van der Waals surface area contributed by atoms with E-state index in [1.165, 1.54) is 13.3 Å². The van der Waals surface area contributed by atoms with Crippen molar-refractivity contribution < 1.29 is 9.53 Å². The summed E-state index contributed by atoms with van der Waals surface area (Å²) in [4.78, 5) is 18.3. The van der Waals surface area contributed by atoms with Gasteiger partial charge in [-0.15, -0.1) is 0 Å². The fourth-order valence-corrected chi connectivity index (χ4v) is 0.888. The first-order valence-electron chi connectivity index (χ1n) is 3.67. The molecule has 0 radical (unpaired) electrons. The van der Waals surface area contributed by atoms with Gasteiger partial charge >= 0.3 is 6.01 Å². The normalized spacial score (nSPS) is 9.50. The monoisotopic (exact) mass is 166 g/mol. The number of nitrogens with zero attached hydrogens (tertiary/aromatic N) is 2. The number of ether oxygens (including phenoxy) is 1. The van der Waals surface area contributed by atoms with E-state index in [0.717, 1.165) is 12.0 Å². The van der Waals surface area contributed by atoms with E-state index in [2.05, 4.69) is 9.97 Å². The topological polar surface area (TPSA) is 52.1 Å². The summed E-state index contributed by atoms with van der Waals surface area (Å²) >= 11 is 0. The average molecular weight is 166 g/mol. The molecule has 0 aromatic carbocycles. The molecular formula is C8H10N2O2. The van der Waals surface area contributed by atoms with Crippen LogP contribution in [0.1, 0.15) is 23.0 Å². The second-order valence-corrected chi connectivity index (χ2v) is 2.23. The third-order valence-corrected chi connectivity index (χ3v) is 1.52. The molecule has 0 unspecified atom stereocenters. The van der Waals surface area contributed by atoms with Crippen molar-refractivity contribution in [1.29, 1.82) is 0 Å². The first kappa shape index (κ1) is 8.64. The van der Waals surface area contributed by atoms with E-state index >= 15 is 0 Å². The van der Waals surface area contributed by atoms with E-state index in [-0.39, 0.29) is 0 Å². The number of rotatable bonds is 3. The molecule has 0 aliphatic heterocycles. The maximum Gasteiger partial charge on any atom is 0.316 e. The van der Waals surface area contributed by atoms with Gasteiger partial charge in [-0.25, -0.2) is 4.98 Å². The summed E-state index contributed by atoms with van der Waals surface area (Å²) in [5.41, 5.74) is 1.25. The predicted octanol–water partition coefficient (Wildman–Crippen LogP) is 0.860. The zero-order chi connectivity index (χ0) is 8.97. The molecule has 1 heterocycles. The molecule has 1 rings (SSSR count). The molecule has 0 aliphatic carbocycles. The van der Waals surface area contributed by atoms with E-state index in [1.54, 1.807) is 0 Å². The van der Waals surface area contributed by atoms with Crippen LogP contribution in [0.2, 0.25) is 0 Å². The molecule has 0 fully saturated rings. The van der Waals surface area contributed by atoms with Crippen LogP contribution in [0, 0.1) is 0 Å². The Labute approximate surface area is 70.6 Å². The van der Waals surface area contributed by atoms with Crippen LogP contribution < -0.4 is 4.74 Å². The van der Waals surface area contributed by atoms with Gasteiger partial charge in [-0.3, -0.25) is 4.79 Å². The molecule has 0 saturated heterocycles. The average Bonchev–Trinajstić information content (AvgIpc) is 2.16. The van der Waals surface area contributed by atoms with Gasteiger partial charge in [-0.2, -0.15) is 4.98 Å². The number of aromatic nitrogens is 2. The number of methoxy groups -OCH3 is 1. The number of hydrogen-bond donors (Lipinski definition) is 0. The molecule has 4 heteroatoms. The Bertz CT molecular complexity index is 286. The van der Waals surface area contributed by atoms with Gasteiger partial charge in [0, 0.05) is 6.20 Å². The first-order chi connectivity index (χ1) is 5.81. The third-order valence-electron chi connectivity index (χ3n) is 1.52. The standard InChI is InChI=1S/C8H10N2O2/c1-3-7-6(5-11)4-9-8(10-7)12-2/h4-5H,3H2,1-2H3. The van der Waals surface area contributed by atoms with Crippen LogP contribution in [0.25, 0.3) is 0 Å². The van der Waals surface area contributed by atoms with Gasteiger partial charge in [0.2, 0.25) is 0 Å². The number of carbonyl (C=O) groups is 1. The van der Waals surface area contributed by atoms with Crippen LogP contribution in [-0.4, -0.2) is 23.4 Å². The second kappa shape index (κ2) is 3.80. The Morgan fingerprint density at radius 2 is 2.42 bits per heavy atom. The molecule has 1 aromatic rings.